The topological polar surface area (TPSA) is 423 Å². The third-order valence-corrected chi connectivity index (χ3v) is 11.5. The van der Waals surface area contributed by atoms with E-state index in [-0.39, 0.29) is 31.6 Å². The largest absolute Gasteiger partial charge is 0.508 e. The monoisotopic (exact) mass is 991 g/mol. The van der Waals surface area contributed by atoms with Crippen LogP contribution in [0, 0.1) is 11.8 Å². The fourth-order valence-electron chi connectivity index (χ4n) is 7.48. The number of phenolic OH excluding ortho intramolecular Hbond substituents is 1. The van der Waals surface area contributed by atoms with Gasteiger partial charge in [0.2, 0.25) is 53.2 Å². The van der Waals surface area contributed by atoms with Crippen molar-refractivity contribution >= 4 is 59.1 Å². The number of benzene rings is 1. The third-order valence-electron chi connectivity index (χ3n) is 11.5. The number of amides is 9. The number of hydrogen-bond acceptors (Lipinski definition) is 15. The van der Waals surface area contributed by atoms with Crippen molar-refractivity contribution in [2.24, 2.45) is 34.8 Å². The maximum Gasteiger partial charge on any atom is 0.326 e. The van der Waals surface area contributed by atoms with E-state index in [2.05, 4.69) is 37.2 Å². The molecule has 18 N–H and O–H groups in total. The van der Waals surface area contributed by atoms with Crippen LogP contribution in [-0.4, -0.2) is 160 Å². The summed E-state index contributed by atoms with van der Waals surface area (Å²) in [5.41, 5.74) is 23.2. The van der Waals surface area contributed by atoms with Crippen molar-refractivity contribution in [2.45, 2.75) is 140 Å². The van der Waals surface area contributed by atoms with Gasteiger partial charge in [0.1, 0.15) is 48.0 Å². The maximum atomic E-state index is 14.1. The molecule has 1 saturated heterocycles. The lowest BCUT2D eigenvalue weighted by atomic mass is 10.00. The molecule has 25 nitrogen and oxygen atoms in total. The number of rotatable bonds is 31. The number of nitrogens with two attached hydrogens (primary N) is 4. The van der Waals surface area contributed by atoms with E-state index in [1.54, 1.807) is 27.7 Å². The average Bonchev–Trinajstić information content (AvgIpc) is 3.80. The molecule has 0 aliphatic carbocycles. The van der Waals surface area contributed by atoms with Gasteiger partial charge in [0.25, 0.3) is 0 Å². The summed E-state index contributed by atoms with van der Waals surface area (Å²) in [5, 5.41) is 46.3. The van der Waals surface area contributed by atoms with E-state index in [0.717, 1.165) is 0 Å². The summed E-state index contributed by atoms with van der Waals surface area (Å²) in [5.74, 6) is -10.1. The molecule has 2 rings (SSSR count). The zero-order valence-corrected chi connectivity index (χ0v) is 40.4. The van der Waals surface area contributed by atoms with Gasteiger partial charge in [-0.1, -0.05) is 46.2 Å². The molecule has 1 aromatic carbocycles. The molecule has 0 aromatic heterocycles. The van der Waals surface area contributed by atoms with E-state index in [1.807, 2.05) is 0 Å². The first-order valence-corrected chi connectivity index (χ1v) is 23.5. The molecule has 25 heteroatoms. The first kappa shape index (κ1) is 59.7. The van der Waals surface area contributed by atoms with Crippen LogP contribution in [0.3, 0.4) is 0 Å². The second-order valence-corrected chi connectivity index (χ2v) is 17.9. The summed E-state index contributed by atoms with van der Waals surface area (Å²) in [6.07, 6.45) is 2.24. The van der Waals surface area contributed by atoms with E-state index in [9.17, 15) is 63.3 Å². The average molecular weight is 991 g/mol. The molecule has 0 saturated carbocycles. The number of aromatic hydroxyl groups is 1. The Hall–Kier alpha value is -6.44. The number of carbonyl (C=O) groups is 10. The van der Waals surface area contributed by atoms with Crippen molar-refractivity contribution in [3.8, 4) is 5.75 Å². The summed E-state index contributed by atoms with van der Waals surface area (Å²) in [4.78, 5) is 133. The van der Waals surface area contributed by atoms with Gasteiger partial charge in [-0.15, -0.1) is 0 Å². The van der Waals surface area contributed by atoms with Crippen LogP contribution < -0.4 is 60.2 Å². The molecule has 392 valence electrons. The molecule has 0 spiro atoms. The zero-order valence-electron chi connectivity index (χ0n) is 40.4. The van der Waals surface area contributed by atoms with Gasteiger partial charge >= 0.3 is 5.97 Å². The molecule has 1 fully saturated rings. The lowest BCUT2D eigenvalue weighted by Gasteiger charge is -2.31. The maximum absolute atomic E-state index is 14.1. The summed E-state index contributed by atoms with van der Waals surface area (Å²) in [6, 6.07) is -4.76. The number of carboxylic acid groups (broad SMARTS) is 1. The number of unbranched alkanes of at least 4 members (excludes halogenated alkanes) is 2. The number of carbonyl (C=O) groups excluding carboxylic acids is 9. The van der Waals surface area contributed by atoms with Crippen LogP contribution in [0.5, 0.6) is 5.75 Å². The van der Waals surface area contributed by atoms with Crippen molar-refractivity contribution in [3.63, 3.8) is 0 Å². The molecule has 1 aromatic rings. The van der Waals surface area contributed by atoms with E-state index < -0.39 is 139 Å². The summed E-state index contributed by atoms with van der Waals surface area (Å²) in [7, 11) is 0. The van der Waals surface area contributed by atoms with Crippen LogP contribution >= 0.6 is 0 Å². The Balaban J connectivity index is 2.28. The Morgan fingerprint density at radius 2 is 1.26 bits per heavy atom. The number of aliphatic carboxylic acids is 1. The van der Waals surface area contributed by atoms with Gasteiger partial charge in [0.15, 0.2) is 0 Å². The fourth-order valence-corrected chi connectivity index (χ4v) is 7.48. The molecule has 9 amide bonds. The number of hydrogen-bond donors (Lipinski definition) is 14. The van der Waals surface area contributed by atoms with Gasteiger partial charge in [-0.2, -0.15) is 0 Å². The van der Waals surface area contributed by atoms with Gasteiger partial charge in [0.05, 0.1) is 25.6 Å². The Kier molecular flexibility index (Phi) is 25.8. The Labute approximate surface area is 407 Å². The summed E-state index contributed by atoms with van der Waals surface area (Å²) in [6.45, 7) is 5.42. The first-order valence-electron chi connectivity index (χ1n) is 23.5. The number of nitrogens with zero attached hydrogens (tertiary/aromatic N) is 1. The Morgan fingerprint density at radius 3 is 1.81 bits per heavy atom. The number of aliphatic hydroxyl groups excluding tert-OH is 1. The second-order valence-electron chi connectivity index (χ2n) is 17.9. The Bertz CT molecular complexity index is 1950. The number of nitrogens with one attached hydrogen (secondary N) is 7. The van der Waals surface area contributed by atoms with Crippen LogP contribution in [0.25, 0.3) is 0 Å². The van der Waals surface area contributed by atoms with Crippen molar-refractivity contribution in [1.29, 1.82) is 0 Å². The number of phenols is 1. The van der Waals surface area contributed by atoms with E-state index >= 15 is 0 Å². The van der Waals surface area contributed by atoms with Gasteiger partial charge < -0.3 is 80.4 Å². The predicted molar refractivity (Wildman–Crippen MR) is 253 cm³/mol. The van der Waals surface area contributed by atoms with E-state index in [0.29, 0.717) is 57.2 Å². The minimum absolute atomic E-state index is 0.0296. The lowest BCUT2D eigenvalue weighted by molar-refractivity contribution is -0.143. The van der Waals surface area contributed by atoms with E-state index in [4.69, 9.17) is 22.9 Å². The summed E-state index contributed by atoms with van der Waals surface area (Å²) >= 11 is 0. The van der Waals surface area contributed by atoms with Crippen LogP contribution in [0.1, 0.15) is 91.0 Å². The van der Waals surface area contributed by atoms with Crippen molar-refractivity contribution < 1.29 is 63.3 Å². The SMILES string of the molecule is CC(C)C(NC(=O)C(CO)NC(=O)CNC(=O)C(Cc1ccc(O)cc1)NC(=O)C(NC(=O)C1CCCN1C(=O)C(CC(N)=O)NC(=O)C(CCCCN)NC(=O)C(N)CCCCN)C(C)C)C(=O)O. The minimum Gasteiger partial charge on any atom is -0.508 e. The third kappa shape index (κ3) is 19.9. The van der Waals surface area contributed by atoms with Gasteiger partial charge in [0, 0.05) is 13.0 Å². The molecule has 1 heterocycles. The molecular formula is C45H74N12O13. The Morgan fingerprint density at radius 1 is 0.686 bits per heavy atom. The van der Waals surface area contributed by atoms with Gasteiger partial charge in [-0.3, -0.25) is 43.2 Å². The smallest absolute Gasteiger partial charge is 0.326 e. The number of aliphatic hydroxyl groups is 1. The highest BCUT2D eigenvalue weighted by molar-refractivity contribution is 5.99. The predicted octanol–water partition coefficient (Wildman–Crippen LogP) is -4.20. The van der Waals surface area contributed by atoms with Crippen LogP contribution in [0.2, 0.25) is 0 Å². The van der Waals surface area contributed by atoms with Crippen LogP contribution in [0.4, 0.5) is 0 Å². The number of likely N-dealkylation sites (tertiary alicyclic amines) is 1. The van der Waals surface area contributed by atoms with Crippen molar-refractivity contribution in [1.82, 2.24) is 42.1 Å². The quantitative estimate of drug-likeness (QED) is 0.0314. The molecular weight excluding hydrogens is 917 g/mol. The zero-order chi connectivity index (χ0) is 52.7. The van der Waals surface area contributed by atoms with E-state index in [1.165, 1.54) is 29.2 Å². The van der Waals surface area contributed by atoms with Gasteiger partial charge in [-0.25, -0.2) is 4.79 Å². The number of carboxylic acids is 1. The number of primary amides is 1. The molecule has 0 radical (unpaired) electrons. The lowest BCUT2D eigenvalue weighted by Crippen LogP contribution is -2.60. The molecule has 8 atom stereocenters. The summed E-state index contributed by atoms with van der Waals surface area (Å²) < 4.78 is 0. The first-order chi connectivity index (χ1) is 33.0. The molecule has 70 heavy (non-hydrogen) atoms. The highest BCUT2D eigenvalue weighted by Crippen LogP contribution is 2.21. The van der Waals surface area contributed by atoms with Crippen LogP contribution in [-0.2, 0) is 54.4 Å². The van der Waals surface area contributed by atoms with Crippen molar-refractivity contribution in [3.05, 3.63) is 29.8 Å². The minimum atomic E-state index is -1.57. The molecule has 1 aliphatic heterocycles. The molecule has 0 bridgehead atoms. The standard InChI is InChI=1S/C45H74N12O13/c1-24(2)36(43(67)53-30(20-26-13-15-27(59)16-14-26)39(63)50-22-35(61)51-32(23-58)41(65)56-37(25(3)4)45(69)70)55-42(66)33-12-9-19-57(33)44(68)31(21-34(49)60)54-40(64)29(11-6-8-18-47)52-38(62)28(48)10-5-7-17-46/h13-16,24-25,28-33,36-37,58-59H,5-12,17-23,46-48H2,1-4H3,(H2,49,60)(H,50,63)(H,51,61)(H,52,62)(H,53,67)(H,54,64)(H,55,66)(H,56,65)(H,69,70). The molecule has 1 aliphatic rings. The normalized spacial score (nSPS) is 16.4. The van der Waals surface area contributed by atoms with Crippen molar-refractivity contribution in [2.75, 3.05) is 32.8 Å². The van der Waals surface area contributed by atoms with Gasteiger partial charge in [-0.05, 0) is 87.6 Å². The second kappa shape index (κ2) is 30.2. The highest BCUT2D eigenvalue weighted by atomic mass is 16.4. The van der Waals surface area contributed by atoms with Crippen LogP contribution in [0.15, 0.2) is 24.3 Å². The molecule has 8 unspecified atom stereocenters. The highest BCUT2D eigenvalue weighted by Gasteiger charge is 2.41. The fraction of sp³-hybridized carbons (Fsp3) is 0.644.